The van der Waals surface area contributed by atoms with Crippen molar-refractivity contribution >= 4 is 0 Å². The molecular formula is C18H30. The zero-order valence-electron chi connectivity index (χ0n) is 12.9. The van der Waals surface area contributed by atoms with Crippen molar-refractivity contribution < 1.29 is 0 Å². The van der Waals surface area contributed by atoms with Crippen molar-refractivity contribution in [2.75, 3.05) is 0 Å². The molecule has 0 aromatic rings. The van der Waals surface area contributed by atoms with Crippen molar-refractivity contribution in [3.05, 3.63) is 48.1 Å². The van der Waals surface area contributed by atoms with Crippen LogP contribution in [-0.4, -0.2) is 0 Å². The largest absolute Gasteiger partial charge is 0.0991 e. The maximum atomic E-state index is 3.81. The van der Waals surface area contributed by atoms with E-state index in [1.54, 1.807) is 0 Å². The number of hydrogen-bond acceptors (Lipinski definition) is 0. The summed E-state index contributed by atoms with van der Waals surface area (Å²) in [5.41, 5.74) is 3.05. The third-order valence-electron chi connectivity index (χ3n) is 3.48. The van der Waals surface area contributed by atoms with Crippen molar-refractivity contribution in [3.63, 3.8) is 0 Å². The fraction of sp³-hybridized carbons (Fsp3) is 0.556. The second-order valence-corrected chi connectivity index (χ2v) is 5.54. The average molecular weight is 246 g/mol. The first kappa shape index (κ1) is 17.0. The highest BCUT2D eigenvalue weighted by Gasteiger charge is 2.17. The summed E-state index contributed by atoms with van der Waals surface area (Å²) >= 11 is 0. The first-order valence-corrected chi connectivity index (χ1v) is 7.13. The Bertz CT molecular complexity index is 324. The van der Waals surface area contributed by atoms with Gasteiger partial charge in [0.15, 0.2) is 0 Å². The molecule has 0 atom stereocenters. The van der Waals surface area contributed by atoms with Crippen LogP contribution in [0.5, 0.6) is 0 Å². The van der Waals surface area contributed by atoms with Crippen LogP contribution in [0.3, 0.4) is 0 Å². The van der Waals surface area contributed by atoms with Crippen LogP contribution >= 0.6 is 0 Å². The van der Waals surface area contributed by atoms with Gasteiger partial charge in [-0.1, -0.05) is 76.6 Å². The summed E-state index contributed by atoms with van der Waals surface area (Å²) in [6.45, 7) is 15.0. The Morgan fingerprint density at radius 3 is 2.39 bits per heavy atom. The van der Waals surface area contributed by atoms with E-state index in [2.05, 4.69) is 65.5 Å². The second kappa shape index (κ2) is 8.97. The molecular weight excluding hydrogens is 216 g/mol. The minimum atomic E-state index is 0.228. The van der Waals surface area contributed by atoms with Gasteiger partial charge < -0.3 is 0 Å². The molecule has 0 unspecified atom stereocenters. The Kier molecular flexibility index (Phi) is 8.45. The zero-order valence-corrected chi connectivity index (χ0v) is 12.9. The van der Waals surface area contributed by atoms with Crippen LogP contribution in [0.25, 0.3) is 0 Å². The van der Waals surface area contributed by atoms with Crippen LogP contribution in [0, 0.1) is 5.41 Å². The third-order valence-corrected chi connectivity index (χ3v) is 3.48. The highest BCUT2D eigenvalue weighted by Crippen LogP contribution is 2.31. The first-order valence-electron chi connectivity index (χ1n) is 7.13. The minimum Gasteiger partial charge on any atom is -0.0991 e. The van der Waals surface area contributed by atoms with Gasteiger partial charge in [-0.05, 0) is 37.2 Å². The summed E-state index contributed by atoms with van der Waals surface area (Å²) < 4.78 is 0. The van der Waals surface area contributed by atoms with E-state index in [1.165, 1.54) is 24.0 Å². The smallest absolute Gasteiger partial charge is 0.0106 e. The van der Waals surface area contributed by atoms with E-state index in [-0.39, 0.29) is 5.41 Å². The Morgan fingerprint density at radius 2 is 1.89 bits per heavy atom. The van der Waals surface area contributed by atoms with Gasteiger partial charge in [0.1, 0.15) is 0 Å². The molecule has 0 aromatic carbocycles. The molecule has 0 saturated heterocycles. The highest BCUT2D eigenvalue weighted by molar-refractivity contribution is 5.29. The molecule has 0 saturated carbocycles. The molecule has 0 heterocycles. The van der Waals surface area contributed by atoms with Gasteiger partial charge in [0.25, 0.3) is 0 Å². The molecule has 0 rings (SSSR count). The maximum absolute atomic E-state index is 3.81. The van der Waals surface area contributed by atoms with Crippen LogP contribution in [0.15, 0.2) is 48.1 Å². The highest BCUT2D eigenvalue weighted by atomic mass is 14.2. The maximum Gasteiger partial charge on any atom is -0.0106 e. The fourth-order valence-corrected chi connectivity index (χ4v) is 1.68. The molecule has 0 aliphatic heterocycles. The molecule has 0 radical (unpaired) electrons. The molecule has 0 amide bonds. The molecule has 102 valence electrons. The molecule has 18 heavy (non-hydrogen) atoms. The van der Waals surface area contributed by atoms with E-state index in [0.29, 0.717) is 0 Å². The quantitative estimate of drug-likeness (QED) is 0.352. The Morgan fingerprint density at radius 1 is 1.22 bits per heavy atom. The van der Waals surface area contributed by atoms with Crippen LogP contribution in [0.2, 0.25) is 0 Å². The lowest BCUT2D eigenvalue weighted by Gasteiger charge is -2.24. The van der Waals surface area contributed by atoms with Crippen molar-refractivity contribution in [2.24, 2.45) is 5.41 Å². The molecule has 0 aromatic heterocycles. The SMILES string of the molecule is C=C/C=C(\C=C/C/C(C)=C/CCC)C(C)(C)CC. The van der Waals surface area contributed by atoms with Gasteiger partial charge in [-0.15, -0.1) is 0 Å². The summed E-state index contributed by atoms with van der Waals surface area (Å²) in [5.74, 6) is 0. The molecule has 0 bridgehead atoms. The third kappa shape index (κ3) is 6.64. The lowest BCUT2D eigenvalue weighted by molar-refractivity contribution is 0.440. The second-order valence-electron chi connectivity index (χ2n) is 5.54. The molecule has 0 aliphatic rings. The van der Waals surface area contributed by atoms with Gasteiger partial charge in [0.05, 0.1) is 0 Å². The Balaban J connectivity index is 4.62. The standard InChI is InChI=1S/C18H30/c1-7-10-13-16(4)14-11-15-17(12-8-2)18(5,6)9-3/h8,11-13,15H,2,7,9-10,14H2,1,3-6H3/b15-11-,16-13+,17-12+. The molecule has 0 N–H and O–H groups in total. The van der Waals surface area contributed by atoms with E-state index in [4.69, 9.17) is 0 Å². The molecule has 0 fully saturated rings. The monoisotopic (exact) mass is 246 g/mol. The molecule has 0 aliphatic carbocycles. The van der Waals surface area contributed by atoms with Gasteiger partial charge in [-0.3, -0.25) is 0 Å². The van der Waals surface area contributed by atoms with E-state index in [1.807, 2.05) is 6.08 Å². The topological polar surface area (TPSA) is 0 Å². The van der Waals surface area contributed by atoms with Crippen molar-refractivity contribution in [1.82, 2.24) is 0 Å². The van der Waals surface area contributed by atoms with Gasteiger partial charge in [-0.2, -0.15) is 0 Å². The first-order chi connectivity index (χ1) is 8.47. The number of hydrogen-bond donors (Lipinski definition) is 0. The number of allylic oxidation sites excluding steroid dienone is 7. The Labute approximate surface area is 114 Å². The molecule has 0 spiro atoms. The predicted octanol–water partition coefficient (Wildman–Crippen LogP) is 6.23. The summed E-state index contributed by atoms with van der Waals surface area (Å²) in [6, 6.07) is 0. The van der Waals surface area contributed by atoms with Crippen LogP contribution in [-0.2, 0) is 0 Å². The average Bonchev–Trinajstić information content (AvgIpc) is 2.35. The van der Waals surface area contributed by atoms with Gasteiger partial charge in [-0.25, -0.2) is 0 Å². The Hall–Kier alpha value is -1.04. The fourth-order valence-electron chi connectivity index (χ4n) is 1.68. The van der Waals surface area contributed by atoms with E-state index >= 15 is 0 Å². The predicted molar refractivity (Wildman–Crippen MR) is 84.8 cm³/mol. The van der Waals surface area contributed by atoms with Crippen LogP contribution in [0.1, 0.15) is 60.3 Å². The molecule has 0 heteroatoms. The lowest BCUT2D eigenvalue weighted by Crippen LogP contribution is -2.11. The summed E-state index contributed by atoms with van der Waals surface area (Å²) in [6.07, 6.45) is 15.5. The minimum absolute atomic E-state index is 0.228. The summed E-state index contributed by atoms with van der Waals surface area (Å²) in [5, 5.41) is 0. The van der Waals surface area contributed by atoms with E-state index in [0.717, 1.165) is 12.8 Å². The van der Waals surface area contributed by atoms with Gasteiger partial charge >= 0.3 is 0 Å². The summed E-state index contributed by atoms with van der Waals surface area (Å²) in [4.78, 5) is 0. The molecule has 0 nitrogen and oxygen atoms in total. The van der Waals surface area contributed by atoms with Gasteiger partial charge in [0.2, 0.25) is 0 Å². The van der Waals surface area contributed by atoms with E-state index in [9.17, 15) is 0 Å². The van der Waals surface area contributed by atoms with Gasteiger partial charge in [0, 0.05) is 0 Å². The van der Waals surface area contributed by atoms with Crippen molar-refractivity contribution in [1.29, 1.82) is 0 Å². The normalized spacial score (nSPS) is 14.3. The zero-order chi connectivity index (χ0) is 14.0. The lowest BCUT2D eigenvalue weighted by atomic mass is 9.81. The van der Waals surface area contributed by atoms with Crippen molar-refractivity contribution in [2.45, 2.75) is 60.3 Å². The number of rotatable bonds is 8. The van der Waals surface area contributed by atoms with Crippen molar-refractivity contribution in [3.8, 4) is 0 Å². The van der Waals surface area contributed by atoms with E-state index < -0.39 is 0 Å². The number of unbranched alkanes of at least 4 members (excludes halogenated alkanes) is 1. The van der Waals surface area contributed by atoms with Crippen LogP contribution < -0.4 is 0 Å². The van der Waals surface area contributed by atoms with Crippen LogP contribution in [0.4, 0.5) is 0 Å². The summed E-state index contributed by atoms with van der Waals surface area (Å²) in [7, 11) is 0.